The number of nitrogens with zero attached hydrogens (tertiary/aromatic N) is 1. The summed E-state index contributed by atoms with van der Waals surface area (Å²) in [7, 11) is -3.44. The maximum Gasteiger partial charge on any atom is 0.243 e. The molecule has 0 saturated carbocycles. The Labute approximate surface area is 117 Å². The molecule has 1 saturated heterocycles. The monoisotopic (exact) mass is 306 g/mol. The third-order valence-electron chi connectivity index (χ3n) is 2.79. The minimum absolute atomic E-state index is 0.216. The molecule has 100 valence electrons. The molecule has 7 heteroatoms. The van der Waals surface area contributed by atoms with Crippen LogP contribution in [0.3, 0.4) is 0 Å². The van der Waals surface area contributed by atoms with Crippen LogP contribution < -0.4 is 5.73 Å². The van der Waals surface area contributed by atoms with Crippen LogP contribution in [0, 0.1) is 0 Å². The van der Waals surface area contributed by atoms with Crippen molar-refractivity contribution in [2.75, 3.05) is 30.3 Å². The van der Waals surface area contributed by atoms with Crippen molar-refractivity contribution in [2.24, 2.45) is 0 Å². The summed E-state index contributed by atoms with van der Waals surface area (Å²) in [6.45, 7) is 1.12. The van der Waals surface area contributed by atoms with Gasteiger partial charge in [0.1, 0.15) is 0 Å². The van der Waals surface area contributed by atoms with Crippen molar-refractivity contribution in [1.82, 2.24) is 4.31 Å². The van der Waals surface area contributed by atoms with Crippen molar-refractivity contribution >= 4 is 39.1 Å². The number of thioether (sulfide) groups is 1. The SMILES string of the molecule is Nc1ccc(S(=O)(=O)N2CCCSCC2)cc1Cl. The molecular weight excluding hydrogens is 292 g/mol. The topological polar surface area (TPSA) is 63.4 Å². The second-order valence-electron chi connectivity index (χ2n) is 4.05. The standard InChI is InChI=1S/C11H15ClN2O2S2/c12-10-8-9(2-3-11(10)13)18(15,16)14-4-1-6-17-7-5-14/h2-3,8H,1,4-7,13H2. The largest absolute Gasteiger partial charge is 0.398 e. The van der Waals surface area contributed by atoms with Gasteiger partial charge in [0, 0.05) is 18.8 Å². The normalized spacial score (nSPS) is 18.5. The minimum atomic E-state index is -3.44. The van der Waals surface area contributed by atoms with Gasteiger partial charge in [-0.25, -0.2) is 8.42 Å². The fourth-order valence-electron chi connectivity index (χ4n) is 1.78. The summed E-state index contributed by atoms with van der Waals surface area (Å²) in [6, 6.07) is 4.46. The van der Waals surface area contributed by atoms with Gasteiger partial charge in [-0.05, 0) is 30.4 Å². The molecule has 1 aliphatic rings. The molecular formula is C11H15ClN2O2S2. The molecule has 0 bridgehead atoms. The molecule has 0 aromatic heterocycles. The zero-order valence-electron chi connectivity index (χ0n) is 9.80. The summed E-state index contributed by atoms with van der Waals surface area (Å²) in [5.74, 6) is 1.84. The Morgan fingerprint density at radius 3 is 2.78 bits per heavy atom. The summed E-state index contributed by atoms with van der Waals surface area (Å²) < 4.78 is 26.4. The van der Waals surface area contributed by atoms with Crippen molar-refractivity contribution in [3.63, 3.8) is 0 Å². The number of hydrogen-bond acceptors (Lipinski definition) is 4. The number of hydrogen-bond donors (Lipinski definition) is 1. The van der Waals surface area contributed by atoms with Gasteiger partial charge < -0.3 is 5.73 Å². The van der Waals surface area contributed by atoms with Gasteiger partial charge in [0.05, 0.1) is 15.6 Å². The average Bonchev–Trinajstić information content (AvgIpc) is 2.61. The van der Waals surface area contributed by atoms with Gasteiger partial charge in [-0.3, -0.25) is 0 Å². The summed E-state index contributed by atoms with van der Waals surface area (Å²) in [4.78, 5) is 0.216. The Bertz CT molecular complexity index is 526. The molecule has 1 aromatic rings. The summed E-state index contributed by atoms with van der Waals surface area (Å²) in [5, 5.41) is 0.278. The molecule has 0 spiro atoms. The predicted octanol–water partition coefficient (Wildman–Crippen LogP) is 2.05. The van der Waals surface area contributed by atoms with E-state index in [0.29, 0.717) is 18.8 Å². The fourth-order valence-corrected chi connectivity index (χ4v) is 4.53. The van der Waals surface area contributed by atoms with Crippen LogP contribution in [0.25, 0.3) is 0 Å². The molecule has 1 heterocycles. The quantitative estimate of drug-likeness (QED) is 0.849. The Morgan fingerprint density at radius 1 is 1.28 bits per heavy atom. The zero-order chi connectivity index (χ0) is 13.2. The van der Waals surface area contributed by atoms with E-state index >= 15 is 0 Å². The molecule has 4 nitrogen and oxygen atoms in total. The Hall–Kier alpha value is -0.430. The van der Waals surface area contributed by atoms with Crippen LogP contribution in [0.1, 0.15) is 6.42 Å². The summed E-state index contributed by atoms with van der Waals surface area (Å²) in [5.41, 5.74) is 5.98. The maximum absolute atomic E-state index is 12.4. The molecule has 2 rings (SSSR count). The van der Waals surface area contributed by atoms with Crippen molar-refractivity contribution in [3.8, 4) is 0 Å². The van der Waals surface area contributed by atoms with Crippen LogP contribution in [-0.4, -0.2) is 37.3 Å². The molecule has 0 amide bonds. The van der Waals surface area contributed by atoms with Crippen LogP contribution >= 0.6 is 23.4 Å². The van der Waals surface area contributed by atoms with Gasteiger partial charge in [-0.1, -0.05) is 11.6 Å². The fraction of sp³-hybridized carbons (Fsp3) is 0.455. The highest BCUT2D eigenvalue weighted by Crippen LogP contribution is 2.25. The number of nitrogens with two attached hydrogens (primary N) is 1. The first kappa shape index (κ1) is 14.0. The molecule has 0 radical (unpaired) electrons. The van der Waals surface area contributed by atoms with Crippen molar-refractivity contribution in [3.05, 3.63) is 23.2 Å². The second-order valence-corrected chi connectivity index (χ2v) is 7.62. The highest BCUT2D eigenvalue weighted by atomic mass is 35.5. The lowest BCUT2D eigenvalue weighted by Gasteiger charge is -2.19. The van der Waals surface area contributed by atoms with E-state index in [2.05, 4.69) is 0 Å². The van der Waals surface area contributed by atoms with Gasteiger partial charge in [-0.2, -0.15) is 16.1 Å². The highest BCUT2D eigenvalue weighted by molar-refractivity contribution is 7.99. The van der Waals surface area contributed by atoms with Crippen molar-refractivity contribution in [2.45, 2.75) is 11.3 Å². The lowest BCUT2D eigenvalue weighted by Crippen LogP contribution is -2.33. The second kappa shape index (κ2) is 5.69. The minimum Gasteiger partial charge on any atom is -0.398 e. The average molecular weight is 307 g/mol. The molecule has 2 N–H and O–H groups in total. The van der Waals surface area contributed by atoms with Gasteiger partial charge >= 0.3 is 0 Å². The van der Waals surface area contributed by atoms with Crippen molar-refractivity contribution < 1.29 is 8.42 Å². The van der Waals surface area contributed by atoms with E-state index in [1.54, 1.807) is 11.8 Å². The van der Waals surface area contributed by atoms with Crippen LogP contribution in [0.2, 0.25) is 5.02 Å². The summed E-state index contributed by atoms with van der Waals surface area (Å²) in [6.07, 6.45) is 0.882. The smallest absolute Gasteiger partial charge is 0.243 e. The van der Waals surface area contributed by atoms with Gasteiger partial charge in [0.2, 0.25) is 10.0 Å². The Kier molecular flexibility index (Phi) is 4.42. The number of sulfonamides is 1. The van der Waals surface area contributed by atoms with E-state index in [1.807, 2.05) is 0 Å². The molecule has 0 atom stereocenters. The van der Waals surface area contributed by atoms with Crippen molar-refractivity contribution in [1.29, 1.82) is 0 Å². The van der Waals surface area contributed by atoms with E-state index < -0.39 is 10.0 Å². The Morgan fingerprint density at radius 2 is 2.06 bits per heavy atom. The van der Waals surface area contributed by atoms with Gasteiger partial charge in [0.25, 0.3) is 0 Å². The van der Waals surface area contributed by atoms with E-state index in [1.165, 1.54) is 22.5 Å². The lowest BCUT2D eigenvalue weighted by atomic mass is 10.3. The Balaban J connectivity index is 2.31. The van der Waals surface area contributed by atoms with Crippen LogP contribution in [0.15, 0.2) is 23.1 Å². The first-order valence-electron chi connectivity index (χ1n) is 5.65. The number of anilines is 1. The number of benzene rings is 1. The predicted molar refractivity (Wildman–Crippen MR) is 76.6 cm³/mol. The molecule has 18 heavy (non-hydrogen) atoms. The van der Waals surface area contributed by atoms with Crippen LogP contribution in [0.5, 0.6) is 0 Å². The number of halogens is 1. The van der Waals surface area contributed by atoms with Gasteiger partial charge in [0.15, 0.2) is 0 Å². The zero-order valence-corrected chi connectivity index (χ0v) is 12.2. The third kappa shape index (κ3) is 2.93. The molecule has 0 aliphatic carbocycles. The van der Waals surface area contributed by atoms with E-state index in [0.717, 1.165) is 17.9 Å². The first-order chi connectivity index (χ1) is 8.51. The first-order valence-corrected chi connectivity index (χ1v) is 8.62. The van der Waals surface area contributed by atoms with Gasteiger partial charge in [-0.15, -0.1) is 0 Å². The van der Waals surface area contributed by atoms with Crippen LogP contribution in [-0.2, 0) is 10.0 Å². The molecule has 1 aromatic carbocycles. The van der Waals surface area contributed by atoms with E-state index in [9.17, 15) is 8.42 Å². The lowest BCUT2D eigenvalue weighted by molar-refractivity contribution is 0.435. The summed E-state index contributed by atoms with van der Waals surface area (Å²) >= 11 is 7.66. The molecule has 1 fully saturated rings. The molecule has 1 aliphatic heterocycles. The number of rotatable bonds is 2. The highest BCUT2D eigenvalue weighted by Gasteiger charge is 2.25. The molecule has 0 unspecified atom stereocenters. The third-order valence-corrected chi connectivity index (χ3v) is 6.06. The maximum atomic E-state index is 12.4. The van der Waals surface area contributed by atoms with E-state index in [4.69, 9.17) is 17.3 Å². The number of nitrogen functional groups attached to an aromatic ring is 1. The van der Waals surface area contributed by atoms with E-state index in [-0.39, 0.29) is 9.92 Å². The van der Waals surface area contributed by atoms with Crippen LogP contribution in [0.4, 0.5) is 5.69 Å².